The van der Waals surface area contributed by atoms with Crippen LogP contribution in [-0.2, 0) is 0 Å². The van der Waals surface area contributed by atoms with Gasteiger partial charge in [0.15, 0.2) is 0 Å². The molecule has 4 rings (SSSR count). The Balaban J connectivity index is 1.50. The number of anilines is 2. The van der Waals surface area contributed by atoms with Crippen molar-refractivity contribution in [3.05, 3.63) is 96.1 Å². The zero-order valence-corrected chi connectivity index (χ0v) is 16.3. The molecule has 2 amide bonds. The summed E-state index contributed by atoms with van der Waals surface area (Å²) in [7, 11) is 1.51. The second-order valence-electron chi connectivity index (χ2n) is 6.58. The molecule has 30 heavy (non-hydrogen) atoms. The lowest BCUT2D eigenvalue weighted by Gasteiger charge is -2.10. The number of rotatable bonds is 5. The van der Waals surface area contributed by atoms with Crippen LogP contribution < -0.4 is 15.4 Å². The maximum atomic E-state index is 12.7. The first-order valence-electron chi connectivity index (χ1n) is 9.35. The van der Waals surface area contributed by atoms with Crippen LogP contribution in [0, 0.1) is 0 Å². The molecule has 0 spiro atoms. The normalized spacial score (nSPS) is 10.4. The van der Waals surface area contributed by atoms with Gasteiger partial charge in [0.2, 0.25) is 0 Å². The van der Waals surface area contributed by atoms with Crippen LogP contribution in [0.5, 0.6) is 5.75 Å². The SMILES string of the molecule is COc1ccccc1C(=O)Nc1cccc(C(=O)Nc2ccc3ccccc3n2)c1. The quantitative estimate of drug-likeness (QED) is 0.509. The van der Waals surface area contributed by atoms with E-state index in [1.165, 1.54) is 7.11 Å². The number of fused-ring (bicyclic) bond motifs is 1. The van der Waals surface area contributed by atoms with Crippen LogP contribution in [0.25, 0.3) is 10.9 Å². The van der Waals surface area contributed by atoms with Gasteiger partial charge >= 0.3 is 0 Å². The lowest BCUT2D eigenvalue weighted by Crippen LogP contribution is -2.15. The van der Waals surface area contributed by atoms with Crippen molar-refractivity contribution in [1.82, 2.24) is 4.98 Å². The van der Waals surface area contributed by atoms with Crippen LogP contribution in [0.4, 0.5) is 11.5 Å². The van der Waals surface area contributed by atoms with Crippen molar-refractivity contribution in [1.29, 1.82) is 0 Å². The standard InChI is InChI=1S/C24H19N3O3/c1-30-21-12-5-3-10-19(21)24(29)25-18-9-6-8-17(15-18)23(28)27-22-14-13-16-7-2-4-11-20(16)26-22/h2-15H,1H3,(H,25,29)(H,26,27,28). The van der Waals surface area contributed by atoms with Crippen molar-refractivity contribution in [2.75, 3.05) is 17.7 Å². The molecule has 0 aliphatic heterocycles. The number of hydrogen-bond donors (Lipinski definition) is 2. The summed E-state index contributed by atoms with van der Waals surface area (Å²) in [6.45, 7) is 0. The highest BCUT2D eigenvalue weighted by Crippen LogP contribution is 2.20. The minimum atomic E-state index is -0.318. The summed E-state index contributed by atoms with van der Waals surface area (Å²) >= 11 is 0. The Labute approximate surface area is 173 Å². The van der Waals surface area contributed by atoms with Crippen LogP contribution in [0.1, 0.15) is 20.7 Å². The summed E-state index contributed by atoms with van der Waals surface area (Å²) < 4.78 is 5.23. The van der Waals surface area contributed by atoms with E-state index in [1.807, 2.05) is 30.3 Å². The number of benzene rings is 3. The average Bonchev–Trinajstić information content (AvgIpc) is 2.79. The predicted octanol–water partition coefficient (Wildman–Crippen LogP) is 4.75. The monoisotopic (exact) mass is 397 g/mol. The molecule has 1 aromatic heterocycles. The number of nitrogens with zero attached hydrogens (tertiary/aromatic N) is 1. The van der Waals surface area contributed by atoms with Gasteiger partial charge in [-0.3, -0.25) is 9.59 Å². The fourth-order valence-corrected chi connectivity index (χ4v) is 3.09. The molecule has 0 fully saturated rings. The zero-order valence-electron chi connectivity index (χ0n) is 16.3. The third-order valence-electron chi connectivity index (χ3n) is 4.57. The summed E-state index contributed by atoms with van der Waals surface area (Å²) in [5.74, 6) is 0.306. The number of aromatic nitrogens is 1. The minimum Gasteiger partial charge on any atom is -0.496 e. The van der Waals surface area contributed by atoms with Gasteiger partial charge in [0, 0.05) is 16.6 Å². The summed E-state index contributed by atoms with van der Waals surface area (Å²) in [5, 5.41) is 6.60. The molecule has 6 heteroatoms. The molecule has 1 heterocycles. The van der Waals surface area contributed by atoms with E-state index >= 15 is 0 Å². The predicted molar refractivity (Wildman–Crippen MR) is 117 cm³/mol. The first kappa shape index (κ1) is 19.1. The Kier molecular flexibility index (Phi) is 5.39. The van der Waals surface area contributed by atoms with Gasteiger partial charge in [0.25, 0.3) is 11.8 Å². The van der Waals surface area contributed by atoms with Gasteiger partial charge in [0.1, 0.15) is 11.6 Å². The Morgan fingerprint density at radius 1 is 0.800 bits per heavy atom. The molecule has 0 aliphatic rings. The van der Waals surface area contributed by atoms with Gasteiger partial charge < -0.3 is 15.4 Å². The van der Waals surface area contributed by atoms with Crippen molar-refractivity contribution >= 4 is 34.2 Å². The molecule has 0 unspecified atom stereocenters. The largest absolute Gasteiger partial charge is 0.496 e. The Hall–Kier alpha value is -4.19. The van der Waals surface area contributed by atoms with Crippen molar-refractivity contribution in [3.8, 4) is 5.75 Å². The summed E-state index contributed by atoms with van der Waals surface area (Å²) in [4.78, 5) is 29.7. The first-order chi connectivity index (χ1) is 14.6. The van der Waals surface area contributed by atoms with Gasteiger partial charge in [-0.1, -0.05) is 36.4 Å². The van der Waals surface area contributed by atoms with Crippen LogP contribution in [-0.4, -0.2) is 23.9 Å². The number of carbonyl (C=O) groups is 2. The van der Waals surface area contributed by atoms with E-state index < -0.39 is 0 Å². The second kappa shape index (κ2) is 8.45. The fourth-order valence-electron chi connectivity index (χ4n) is 3.09. The molecule has 0 saturated heterocycles. The molecule has 148 valence electrons. The summed E-state index contributed by atoms with van der Waals surface area (Å²) in [6, 6.07) is 25.0. The smallest absolute Gasteiger partial charge is 0.259 e. The maximum absolute atomic E-state index is 12.7. The van der Waals surface area contributed by atoms with E-state index in [0.29, 0.717) is 28.4 Å². The molecule has 2 N–H and O–H groups in total. The highest BCUT2D eigenvalue weighted by molar-refractivity contribution is 6.08. The summed E-state index contributed by atoms with van der Waals surface area (Å²) in [5.41, 5.74) is 2.12. The van der Waals surface area contributed by atoms with Crippen LogP contribution >= 0.6 is 0 Å². The van der Waals surface area contributed by atoms with E-state index in [0.717, 1.165) is 10.9 Å². The fraction of sp³-hybridized carbons (Fsp3) is 0.0417. The molecule has 4 aromatic rings. The molecule has 0 atom stereocenters. The molecule has 0 saturated carbocycles. The number of hydrogen-bond acceptors (Lipinski definition) is 4. The number of methoxy groups -OCH3 is 1. The van der Waals surface area contributed by atoms with Gasteiger partial charge in [-0.2, -0.15) is 0 Å². The molecule has 6 nitrogen and oxygen atoms in total. The highest BCUT2D eigenvalue weighted by atomic mass is 16.5. The van der Waals surface area contributed by atoms with Crippen LogP contribution in [0.15, 0.2) is 84.9 Å². The van der Waals surface area contributed by atoms with Gasteiger partial charge in [-0.05, 0) is 48.5 Å². The van der Waals surface area contributed by atoms with E-state index in [1.54, 1.807) is 54.6 Å². The number of carbonyl (C=O) groups excluding carboxylic acids is 2. The molecule has 0 radical (unpaired) electrons. The second-order valence-corrected chi connectivity index (χ2v) is 6.58. The average molecular weight is 397 g/mol. The minimum absolute atomic E-state index is 0.314. The Morgan fingerprint density at radius 2 is 1.60 bits per heavy atom. The third kappa shape index (κ3) is 4.12. The van der Waals surface area contributed by atoms with Crippen molar-refractivity contribution < 1.29 is 14.3 Å². The maximum Gasteiger partial charge on any atom is 0.259 e. The number of amides is 2. The van der Waals surface area contributed by atoms with Gasteiger partial charge in [0.05, 0.1) is 18.2 Å². The van der Waals surface area contributed by atoms with Crippen molar-refractivity contribution in [2.45, 2.75) is 0 Å². The van der Waals surface area contributed by atoms with E-state index in [9.17, 15) is 9.59 Å². The van der Waals surface area contributed by atoms with E-state index in [4.69, 9.17) is 4.74 Å². The van der Waals surface area contributed by atoms with Crippen LogP contribution in [0.3, 0.4) is 0 Å². The Bertz CT molecular complexity index is 1240. The lowest BCUT2D eigenvalue weighted by molar-refractivity contribution is 0.101. The van der Waals surface area contributed by atoms with Crippen molar-refractivity contribution in [2.24, 2.45) is 0 Å². The van der Waals surface area contributed by atoms with Gasteiger partial charge in [-0.15, -0.1) is 0 Å². The summed E-state index contributed by atoms with van der Waals surface area (Å²) in [6.07, 6.45) is 0. The lowest BCUT2D eigenvalue weighted by atomic mass is 10.1. The van der Waals surface area contributed by atoms with E-state index in [2.05, 4.69) is 15.6 Å². The molecular formula is C24H19N3O3. The van der Waals surface area contributed by atoms with Crippen LogP contribution in [0.2, 0.25) is 0 Å². The molecule has 0 bridgehead atoms. The molecular weight excluding hydrogens is 378 g/mol. The number of ether oxygens (including phenoxy) is 1. The highest BCUT2D eigenvalue weighted by Gasteiger charge is 2.13. The number of para-hydroxylation sites is 2. The zero-order chi connectivity index (χ0) is 20.9. The topological polar surface area (TPSA) is 80.3 Å². The van der Waals surface area contributed by atoms with Gasteiger partial charge in [-0.25, -0.2) is 4.98 Å². The Morgan fingerprint density at radius 3 is 2.47 bits per heavy atom. The molecule has 0 aliphatic carbocycles. The van der Waals surface area contributed by atoms with E-state index in [-0.39, 0.29) is 11.8 Å². The number of nitrogens with one attached hydrogen (secondary N) is 2. The number of pyridine rings is 1. The third-order valence-corrected chi connectivity index (χ3v) is 4.57. The first-order valence-corrected chi connectivity index (χ1v) is 9.35. The molecule has 3 aromatic carbocycles. The van der Waals surface area contributed by atoms with Crippen molar-refractivity contribution in [3.63, 3.8) is 0 Å².